The van der Waals surface area contributed by atoms with Crippen LogP contribution in [0.2, 0.25) is 18.1 Å². The molecule has 0 heterocycles. The molecule has 8 heteroatoms. The maximum Gasteiger partial charge on any atom is 0.276 e. The number of hydrogen-bond donors (Lipinski definition) is 1. The molecule has 2 aromatic carbocycles. The molecule has 0 aliphatic rings. The van der Waals surface area contributed by atoms with Gasteiger partial charge in [-0.1, -0.05) is 38.5 Å². The first-order valence-electron chi connectivity index (χ1n) is 9.76. The summed E-state index contributed by atoms with van der Waals surface area (Å²) in [7, 11) is -4.21. The van der Waals surface area contributed by atoms with Gasteiger partial charge in [-0.25, -0.2) is 0 Å². The van der Waals surface area contributed by atoms with Crippen LogP contribution in [0.15, 0.2) is 52.5 Å². The molecule has 164 valence electrons. The molecule has 1 N–H and O–H groups in total. The number of methoxy groups -OCH3 is 1. The van der Waals surface area contributed by atoms with Gasteiger partial charge < -0.3 is 9.16 Å². The summed E-state index contributed by atoms with van der Waals surface area (Å²) >= 11 is 0. The largest absolute Gasteiger partial charge is 0.543 e. The smallest absolute Gasteiger partial charge is 0.276 e. The Kier molecular flexibility index (Phi) is 7.03. The van der Waals surface area contributed by atoms with E-state index in [4.69, 9.17) is 9.16 Å². The molecular weight excluding hydrogens is 416 g/mol. The third kappa shape index (κ3) is 5.86. The first-order chi connectivity index (χ1) is 13.7. The molecule has 0 amide bonds. The van der Waals surface area contributed by atoms with Crippen LogP contribution in [0.25, 0.3) is 0 Å². The lowest BCUT2D eigenvalue weighted by Crippen LogP contribution is -2.43. The molecule has 0 spiro atoms. The minimum atomic E-state index is -3.75. The lowest BCUT2D eigenvalue weighted by Gasteiger charge is -2.36. The molecular formula is C22H32N2O4SSi. The van der Waals surface area contributed by atoms with Crippen LogP contribution in [0.4, 0.5) is 0 Å². The minimum Gasteiger partial charge on any atom is -0.543 e. The molecule has 0 bridgehead atoms. The van der Waals surface area contributed by atoms with Crippen molar-refractivity contribution in [3.63, 3.8) is 0 Å². The molecule has 2 rings (SSSR count). The van der Waals surface area contributed by atoms with Crippen molar-refractivity contribution in [3.8, 4) is 11.5 Å². The van der Waals surface area contributed by atoms with E-state index in [0.29, 0.717) is 17.2 Å². The van der Waals surface area contributed by atoms with Crippen molar-refractivity contribution in [3.05, 3.63) is 53.6 Å². The molecule has 0 fully saturated rings. The molecule has 0 radical (unpaired) electrons. The summed E-state index contributed by atoms with van der Waals surface area (Å²) in [4.78, 5) is 2.47. The number of benzene rings is 2. The van der Waals surface area contributed by atoms with Gasteiger partial charge >= 0.3 is 0 Å². The highest BCUT2D eigenvalue weighted by Crippen LogP contribution is 2.38. The molecule has 6 nitrogen and oxygen atoms in total. The third-order valence-corrected chi connectivity index (χ3v) is 11.0. The van der Waals surface area contributed by atoms with E-state index in [1.807, 2.05) is 19.1 Å². The zero-order chi connectivity index (χ0) is 22.7. The summed E-state index contributed by atoms with van der Waals surface area (Å²) in [6, 6.07) is 12.1. The highest BCUT2D eigenvalue weighted by Gasteiger charge is 2.39. The van der Waals surface area contributed by atoms with Gasteiger partial charge in [0.1, 0.15) is 11.5 Å². The first kappa shape index (κ1) is 24.0. The van der Waals surface area contributed by atoms with Crippen LogP contribution in [0, 0.1) is 6.92 Å². The predicted molar refractivity (Wildman–Crippen MR) is 125 cm³/mol. The van der Waals surface area contributed by atoms with E-state index in [1.54, 1.807) is 44.4 Å². The molecule has 0 saturated carbocycles. The van der Waals surface area contributed by atoms with Crippen LogP contribution in [-0.4, -0.2) is 29.6 Å². The van der Waals surface area contributed by atoms with Crippen molar-refractivity contribution < 1.29 is 17.6 Å². The van der Waals surface area contributed by atoms with Gasteiger partial charge in [0.05, 0.1) is 17.7 Å². The maximum absolute atomic E-state index is 12.5. The van der Waals surface area contributed by atoms with E-state index in [9.17, 15) is 8.42 Å². The number of sulfonamides is 1. The normalized spacial score (nSPS) is 13.1. The van der Waals surface area contributed by atoms with E-state index in [1.165, 1.54) is 0 Å². The van der Waals surface area contributed by atoms with Crippen LogP contribution < -0.4 is 14.0 Å². The summed E-state index contributed by atoms with van der Waals surface area (Å²) in [6.07, 6.45) is 0. The number of nitrogens with one attached hydrogen (secondary N) is 1. The average Bonchev–Trinajstić information content (AvgIpc) is 2.65. The summed E-state index contributed by atoms with van der Waals surface area (Å²) in [5, 5.41) is 4.15. The Bertz CT molecular complexity index is 1020. The molecule has 0 aliphatic heterocycles. The van der Waals surface area contributed by atoms with E-state index < -0.39 is 18.3 Å². The van der Waals surface area contributed by atoms with Crippen LogP contribution in [0.3, 0.4) is 0 Å². The van der Waals surface area contributed by atoms with Gasteiger partial charge in [-0.2, -0.15) is 18.4 Å². The van der Waals surface area contributed by atoms with Crippen molar-refractivity contribution in [2.45, 2.75) is 57.6 Å². The van der Waals surface area contributed by atoms with Crippen molar-refractivity contribution in [2.75, 3.05) is 7.11 Å². The lowest BCUT2D eigenvalue weighted by atomic mass is 10.1. The number of aryl methyl sites for hydroxylation is 1. The van der Waals surface area contributed by atoms with Gasteiger partial charge in [-0.3, -0.25) is 0 Å². The Balaban J connectivity index is 2.32. The van der Waals surface area contributed by atoms with Crippen LogP contribution in [0.1, 0.15) is 38.8 Å². The fourth-order valence-electron chi connectivity index (χ4n) is 2.37. The Morgan fingerprint density at radius 1 is 1.03 bits per heavy atom. The average molecular weight is 449 g/mol. The molecule has 30 heavy (non-hydrogen) atoms. The predicted octanol–water partition coefficient (Wildman–Crippen LogP) is 5.09. The molecule has 0 saturated heterocycles. The van der Waals surface area contributed by atoms with E-state index >= 15 is 0 Å². The first-order valence-corrected chi connectivity index (χ1v) is 14.2. The summed E-state index contributed by atoms with van der Waals surface area (Å²) < 4.78 is 36.8. The third-order valence-electron chi connectivity index (χ3n) is 5.38. The van der Waals surface area contributed by atoms with Gasteiger partial charge in [0, 0.05) is 11.6 Å². The van der Waals surface area contributed by atoms with Gasteiger partial charge in [-0.15, -0.1) is 0 Å². The highest BCUT2D eigenvalue weighted by atomic mass is 32.2. The Morgan fingerprint density at radius 2 is 1.60 bits per heavy atom. The van der Waals surface area contributed by atoms with Crippen molar-refractivity contribution >= 4 is 24.1 Å². The van der Waals surface area contributed by atoms with Crippen LogP contribution >= 0.6 is 0 Å². The quantitative estimate of drug-likeness (QED) is 0.364. The fourth-order valence-corrected chi connectivity index (χ4v) is 4.24. The number of hydrazone groups is 1. The second kappa shape index (κ2) is 8.81. The Morgan fingerprint density at radius 3 is 2.13 bits per heavy atom. The van der Waals surface area contributed by atoms with Crippen molar-refractivity contribution in [1.29, 1.82) is 0 Å². The minimum absolute atomic E-state index is 0.0447. The van der Waals surface area contributed by atoms with Gasteiger partial charge in [-0.05, 0) is 56.2 Å². The molecule has 2 aromatic rings. The topological polar surface area (TPSA) is 77.0 Å². The molecule has 0 aromatic heterocycles. The number of rotatable bonds is 7. The second-order valence-electron chi connectivity index (χ2n) is 8.86. The number of nitrogens with zero attached hydrogens (tertiary/aromatic N) is 1. The maximum atomic E-state index is 12.5. The monoisotopic (exact) mass is 448 g/mol. The van der Waals surface area contributed by atoms with Gasteiger partial charge in [0.25, 0.3) is 10.0 Å². The lowest BCUT2D eigenvalue weighted by molar-refractivity contribution is 0.410. The summed E-state index contributed by atoms with van der Waals surface area (Å²) in [5.41, 5.74) is 2.21. The zero-order valence-electron chi connectivity index (χ0n) is 19.0. The van der Waals surface area contributed by atoms with Gasteiger partial charge in [0.2, 0.25) is 8.32 Å². The highest BCUT2D eigenvalue weighted by molar-refractivity contribution is 7.89. The van der Waals surface area contributed by atoms with E-state index in [-0.39, 0.29) is 9.93 Å². The number of ether oxygens (including phenoxy) is 1. The Labute approximate surface area is 181 Å². The summed E-state index contributed by atoms with van der Waals surface area (Å²) in [6.45, 7) is 14.5. The Hall–Kier alpha value is -2.32. The standard InChI is InChI=1S/C22H32N2O4SSi/c1-16-9-11-21(12-10-16)29(25,26)24-23-17(2)18-13-19(27-6)15-20(14-18)28-30(7,8)22(3,4)5/h9-15,24H,1-8H3/b23-17+. The van der Waals surface area contributed by atoms with E-state index in [0.717, 1.165) is 11.1 Å². The summed E-state index contributed by atoms with van der Waals surface area (Å²) in [5.74, 6) is 1.31. The second-order valence-corrected chi connectivity index (χ2v) is 15.3. The zero-order valence-corrected chi connectivity index (χ0v) is 20.8. The van der Waals surface area contributed by atoms with Crippen LogP contribution in [-0.2, 0) is 10.0 Å². The SMILES string of the molecule is COc1cc(O[Si](C)(C)C(C)(C)C)cc(/C(C)=N/NS(=O)(=O)c2ccc(C)cc2)c1. The van der Waals surface area contributed by atoms with Crippen LogP contribution in [0.5, 0.6) is 11.5 Å². The molecule has 0 atom stereocenters. The molecule has 0 aliphatic carbocycles. The number of hydrogen-bond acceptors (Lipinski definition) is 5. The fraction of sp³-hybridized carbons (Fsp3) is 0.409. The molecule has 0 unspecified atom stereocenters. The van der Waals surface area contributed by atoms with E-state index in [2.05, 4.69) is 43.8 Å². The van der Waals surface area contributed by atoms with Gasteiger partial charge in [0.15, 0.2) is 0 Å². The van der Waals surface area contributed by atoms with Crippen molar-refractivity contribution in [2.24, 2.45) is 5.10 Å². The van der Waals surface area contributed by atoms with Crippen molar-refractivity contribution in [1.82, 2.24) is 4.83 Å².